The van der Waals surface area contributed by atoms with Crippen molar-refractivity contribution in [2.45, 2.75) is 31.8 Å². The van der Waals surface area contributed by atoms with Gasteiger partial charge >= 0.3 is 0 Å². The molecule has 3 rings (SSSR count). The van der Waals surface area contributed by atoms with Gasteiger partial charge in [-0.15, -0.1) is 0 Å². The van der Waals surface area contributed by atoms with Crippen LogP contribution in [-0.2, 0) is 11.2 Å². The number of aromatic nitrogens is 3. The van der Waals surface area contributed by atoms with E-state index < -0.39 is 0 Å². The Labute approximate surface area is 94.1 Å². The Morgan fingerprint density at radius 2 is 2.50 bits per heavy atom. The zero-order valence-corrected chi connectivity index (χ0v) is 9.15. The van der Waals surface area contributed by atoms with Crippen molar-refractivity contribution in [3.05, 3.63) is 24.3 Å². The molecule has 2 aromatic rings. The van der Waals surface area contributed by atoms with Crippen LogP contribution in [0.15, 0.2) is 18.5 Å². The van der Waals surface area contributed by atoms with Crippen molar-refractivity contribution in [2.24, 2.45) is 0 Å². The highest BCUT2D eigenvalue weighted by atomic mass is 16.5. The molecule has 0 spiro atoms. The zero-order chi connectivity index (χ0) is 10.8. The molecule has 1 aliphatic heterocycles. The molecule has 1 atom stereocenters. The van der Waals surface area contributed by atoms with Gasteiger partial charge in [-0.05, 0) is 25.3 Å². The predicted molar refractivity (Wildman–Crippen MR) is 61.2 cm³/mol. The quantitative estimate of drug-likeness (QED) is 0.856. The lowest BCUT2D eigenvalue weighted by Gasteiger charge is -2.06. The van der Waals surface area contributed by atoms with E-state index in [1.807, 2.05) is 12.3 Å². The van der Waals surface area contributed by atoms with Crippen molar-refractivity contribution in [2.75, 3.05) is 6.61 Å². The lowest BCUT2D eigenvalue weighted by Crippen LogP contribution is -2.06. The summed E-state index contributed by atoms with van der Waals surface area (Å²) in [7, 11) is 0. The van der Waals surface area contributed by atoms with E-state index in [4.69, 9.17) is 4.74 Å². The Hall–Kier alpha value is -1.42. The Kier molecular flexibility index (Phi) is 2.58. The first-order valence-electron chi connectivity index (χ1n) is 5.82. The van der Waals surface area contributed by atoms with E-state index in [0.29, 0.717) is 6.10 Å². The first-order chi connectivity index (χ1) is 7.92. The fourth-order valence-corrected chi connectivity index (χ4v) is 2.20. The maximum absolute atomic E-state index is 5.59. The highest BCUT2D eigenvalue weighted by molar-refractivity contribution is 5.73. The van der Waals surface area contributed by atoms with Crippen LogP contribution in [0.4, 0.5) is 0 Å². The van der Waals surface area contributed by atoms with Crippen LogP contribution in [0.1, 0.15) is 25.1 Å². The number of nitrogens with one attached hydrogen (secondary N) is 1. The van der Waals surface area contributed by atoms with Gasteiger partial charge in [-0.1, -0.05) is 0 Å². The molecule has 16 heavy (non-hydrogen) atoms. The number of nitrogens with zero attached hydrogens (tertiary/aromatic N) is 2. The highest BCUT2D eigenvalue weighted by Gasteiger charge is 2.15. The molecule has 4 nitrogen and oxygen atoms in total. The summed E-state index contributed by atoms with van der Waals surface area (Å²) in [5, 5.41) is 0. The molecule has 0 amide bonds. The molecular weight excluding hydrogens is 202 g/mol. The van der Waals surface area contributed by atoms with E-state index in [1.54, 1.807) is 6.20 Å². The number of fused-ring (bicyclic) bond motifs is 1. The molecule has 0 bridgehead atoms. The lowest BCUT2D eigenvalue weighted by molar-refractivity contribution is 0.104. The smallest absolute Gasteiger partial charge is 0.107 e. The number of hydrogen-bond donors (Lipinski definition) is 1. The number of rotatable bonds is 3. The molecule has 1 aliphatic rings. The van der Waals surface area contributed by atoms with Crippen LogP contribution < -0.4 is 0 Å². The average Bonchev–Trinajstić information content (AvgIpc) is 2.95. The SMILES string of the molecule is c1cc2nc(CCC3CCCO3)[nH]c2cn1. The molecule has 0 radical (unpaired) electrons. The number of hydrogen-bond acceptors (Lipinski definition) is 3. The first kappa shape index (κ1) is 9.78. The fraction of sp³-hybridized carbons (Fsp3) is 0.500. The lowest BCUT2D eigenvalue weighted by atomic mass is 10.1. The first-order valence-corrected chi connectivity index (χ1v) is 5.82. The number of H-pyrrole nitrogens is 1. The van der Waals surface area contributed by atoms with Crippen LogP contribution in [0.5, 0.6) is 0 Å². The molecule has 1 unspecified atom stereocenters. The summed E-state index contributed by atoms with van der Waals surface area (Å²) in [5.41, 5.74) is 2.02. The van der Waals surface area contributed by atoms with Crippen molar-refractivity contribution in [1.29, 1.82) is 0 Å². The summed E-state index contributed by atoms with van der Waals surface area (Å²) >= 11 is 0. The molecule has 1 saturated heterocycles. The molecule has 1 N–H and O–H groups in total. The minimum Gasteiger partial charge on any atom is -0.378 e. The van der Waals surface area contributed by atoms with Gasteiger partial charge in [-0.2, -0.15) is 0 Å². The highest BCUT2D eigenvalue weighted by Crippen LogP contribution is 2.18. The Bertz CT molecular complexity index is 441. The second-order valence-corrected chi connectivity index (χ2v) is 4.25. The fourth-order valence-electron chi connectivity index (χ4n) is 2.20. The standard InChI is InChI=1S/C12H15N3O/c1-2-9(16-7-1)3-4-12-14-10-5-6-13-8-11(10)15-12/h5-6,8-9H,1-4,7H2,(H,14,15). The van der Waals surface area contributed by atoms with Crippen LogP contribution in [0.2, 0.25) is 0 Å². The van der Waals surface area contributed by atoms with Gasteiger partial charge in [0.15, 0.2) is 0 Å². The Morgan fingerprint density at radius 1 is 1.50 bits per heavy atom. The molecule has 84 valence electrons. The molecule has 4 heteroatoms. The van der Waals surface area contributed by atoms with Gasteiger partial charge in [0, 0.05) is 19.2 Å². The summed E-state index contributed by atoms with van der Waals surface area (Å²) < 4.78 is 5.59. The van der Waals surface area contributed by atoms with Crippen molar-refractivity contribution in [3.63, 3.8) is 0 Å². The summed E-state index contributed by atoms with van der Waals surface area (Å²) in [6, 6.07) is 1.93. The van der Waals surface area contributed by atoms with Gasteiger partial charge < -0.3 is 9.72 Å². The summed E-state index contributed by atoms with van der Waals surface area (Å²) in [6.45, 7) is 0.925. The van der Waals surface area contributed by atoms with Crippen LogP contribution in [0.25, 0.3) is 11.0 Å². The molecule has 0 aliphatic carbocycles. The van der Waals surface area contributed by atoms with E-state index >= 15 is 0 Å². The van der Waals surface area contributed by atoms with Crippen molar-refractivity contribution in [3.8, 4) is 0 Å². The second kappa shape index (κ2) is 4.22. The summed E-state index contributed by atoms with van der Waals surface area (Å²) in [6.07, 6.45) is 8.44. The number of ether oxygens (including phenoxy) is 1. The van der Waals surface area contributed by atoms with Crippen LogP contribution in [-0.4, -0.2) is 27.7 Å². The van der Waals surface area contributed by atoms with Gasteiger partial charge in [0.2, 0.25) is 0 Å². The van der Waals surface area contributed by atoms with Crippen molar-refractivity contribution >= 4 is 11.0 Å². The summed E-state index contributed by atoms with van der Waals surface area (Å²) in [5.74, 6) is 1.04. The van der Waals surface area contributed by atoms with E-state index in [2.05, 4.69) is 15.0 Å². The largest absolute Gasteiger partial charge is 0.378 e. The number of pyridine rings is 1. The van der Waals surface area contributed by atoms with Crippen molar-refractivity contribution in [1.82, 2.24) is 15.0 Å². The van der Waals surface area contributed by atoms with E-state index in [-0.39, 0.29) is 0 Å². The van der Waals surface area contributed by atoms with Crippen LogP contribution in [0.3, 0.4) is 0 Å². The van der Waals surface area contributed by atoms with Gasteiger partial charge in [-0.25, -0.2) is 4.98 Å². The van der Waals surface area contributed by atoms with Gasteiger partial charge in [0.05, 0.1) is 23.3 Å². The minimum absolute atomic E-state index is 0.436. The third kappa shape index (κ3) is 1.93. The minimum atomic E-state index is 0.436. The predicted octanol–water partition coefficient (Wildman–Crippen LogP) is 2.07. The Morgan fingerprint density at radius 3 is 3.31 bits per heavy atom. The van der Waals surface area contributed by atoms with Gasteiger partial charge in [0.25, 0.3) is 0 Å². The molecule has 2 aromatic heterocycles. The van der Waals surface area contributed by atoms with Gasteiger partial charge in [-0.3, -0.25) is 4.98 Å². The van der Waals surface area contributed by atoms with Gasteiger partial charge in [0.1, 0.15) is 5.82 Å². The molecule has 0 aromatic carbocycles. The van der Waals surface area contributed by atoms with Crippen molar-refractivity contribution < 1.29 is 4.74 Å². The number of imidazole rings is 1. The molecular formula is C12H15N3O. The number of aromatic amines is 1. The topological polar surface area (TPSA) is 50.8 Å². The normalized spacial score (nSPS) is 20.6. The van der Waals surface area contributed by atoms with E-state index in [0.717, 1.165) is 36.3 Å². The van der Waals surface area contributed by atoms with Crippen LogP contribution >= 0.6 is 0 Å². The van der Waals surface area contributed by atoms with E-state index in [9.17, 15) is 0 Å². The maximum atomic E-state index is 5.59. The average molecular weight is 217 g/mol. The third-order valence-corrected chi connectivity index (χ3v) is 3.06. The Balaban J connectivity index is 1.69. The molecule has 3 heterocycles. The number of aryl methyl sites for hydroxylation is 1. The molecule has 1 fully saturated rings. The van der Waals surface area contributed by atoms with Crippen LogP contribution in [0, 0.1) is 0 Å². The monoisotopic (exact) mass is 217 g/mol. The zero-order valence-electron chi connectivity index (χ0n) is 9.15. The second-order valence-electron chi connectivity index (χ2n) is 4.25. The molecule has 0 saturated carbocycles. The maximum Gasteiger partial charge on any atom is 0.107 e. The third-order valence-electron chi connectivity index (χ3n) is 3.06. The summed E-state index contributed by atoms with van der Waals surface area (Å²) in [4.78, 5) is 11.9. The van der Waals surface area contributed by atoms with E-state index in [1.165, 1.54) is 12.8 Å².